The van der Waals surface area contributed by atoms with Crippen molar-refractivity contribution in [2.45, 2.75) is 58.6 Å². The molecular weight excluding hydrogens is 216 g/mol. The molecule has 1 aliphatic heterocycles. The van der Waals surface area contributed by atoms with Gasteiger partial charge in [0.15, 0.2) is 0 Å². The molecule has 0 radical (unpaired) electrons. The van der Waals surface area contributed by atoms with E-state index in [0.717, 1.165) is 18.9 Å². The minimum Gasteiger partial charge on any atom is -0.444 e. The second-order valence-electron chi connectivity index (χ2n) is 6.01. The number of hydrogen-bond donors (Lipinski definition) is 2. The van der Waals surface area contributed by atoms with E-state index in [1.165, 1.54) is 12.8 Å². The molecule has 2 atom stereocenters. The molecule has 1 aliphatic rings. The van der Waals surface area contributed by atoms with Crippen LogP contribution in [0.5, 0.6) is 0 Å². The Bertz CT molecular complexity index is 248. The number of carbonyl (C=O) groups excluding carboxylic acids is 1. The molecule has 4 heteroatoms. The third-order valence-electron chi connectivity index (χ3n) is 2.97. The van der Waals surface area contributed by atoms with E-state index in [-0.39, 0.29) is 6.09 Å². The van der Waals surface area contributed by atoms with E-state index < -0.39 is 5.60 Å². The van der Waals surface area contributed by atoms with Gasteiger partial charge in [0.2, 0.25) is 0 Å². The number of hydrogen-bond acceptors (Lipinski definition) is 3. The van der Waals surface area contributed by atoms with Gasteiger partial charge in [-0.15, -0.1) is 0 Å². The van der Waals surface area contributed by atoms with Crippen LogP contribution < -0.4 is 10.6 Å². The van der Waals surface area contributed by atoms with Crippen molar-refractivity contribution < 1.29 is 9.53 Å². The second-order valence-corrected chi connectivity index (χ2v) is 6.01. The normalized spacial score (nSPS) is 26.1. The molecule has 2 N–H and O–H groups in total. The molecule has 0 aliphatic carbocycles. The Balaban J connectivity index is 2.23. The summed E-state index contributed by atoms with van der Waals surface area (Å²) >= 11 is 0. The topological polar surface area (TPSA) is 50.4 Å². The number of amides is 1. The van der Waals surface area contributed by atoms with Gasteiger partial charge in [0, 0.05) is 12.6 Å². The highest BCUT2D eigenvalue weighted by Crippen LogP contribution is 2.15. The Hall–Kier alpha value is -0.770. The standard InChI is InChI=1S/C13H26N2O2/c1-10-5-6-11(14-8-7-10)9-15-12(16)17-13(2,3)4/h10-11,14H,5-9H2,1-4H3,(H,15,16). The summed E-state index contributed by atoms with van der Waals surface area (Å²) in [5.74, 6) is 0.786. The summed E-state index contributed by atoms with van der Waals surface area (Å²) in [6, 6.07) is 0.382. The lowest BCUT2D eigenvalue weighted by Crippen LogP contribution is -2.42. The van der Waals surface area contributed by atoms with Gasteiger partial charge in [-0.2, -0.15) is 0 Å². The lowest BCUT2D eigenvalue weighted by Gasteiger charge is -2.21. The Morgan fingerprint density at radius 1 is 1.35 bits per heavy atom. The van der Waals surface area contributed by atoms with Gasteiger partial charge >= 0.3 is 6.09 Å². The molecule has 1 saturated heterocycles. The maximum Gasteiger partial charge on any atom is 0.407 e. The van der Waals surface area contributed by atoms with Crippen molar-refractivity contribution in [3.8, 4) is 0 Å². The fraction of sp³-hybridized carbons (Fsp3) is 0.923. The summed E-state index contributed by atoms with van der Waals surface area (Å²) in [4.78, 5) is 11.5. The average molecular weight is 242 g/mol. The Labute approximate surface area is 104 Å². The average Bonchev–Trinajstić information content (AvgIpc) is 2.37. The molecule has 100 valence electrons. The quantitative estimate of drug-likeness (QED) is 0.781. The molecule has 4 nitrogen and oxygen atoms in total. The van der Waals surface area contributed by atoms with Crippen LogP contribution in [0, 0.1) is 5.92 Å². The zero-order valence-corrected chi connectivity index (χ0v) is 11.5. The highest BCUT2D eigenvalue weighted by molar-refractivity contribution is 5.67. The molecule has 0 aromatic rings. The molecule has 0 saturated carbocycles. The van der Waals surface area contributed by atoms with E-state index in [2.05, 4.69) is 17.6 Å². The first kappa shape index (κ1) is 14.3. The van der Waals surface area contributed by atoms with Gasteiger partial charge in [0.05, 0.1) is 0 Å². The van der Waals surface area contributed by atoms with E-state index in [4.69, 9.17) is 4.74 Å². The number of rotatable bonds is 2. The summed E-state index contributed by atoms with van der Waals surface area (Å²) < 4.78 is 5.20. The molecule has 1 heterocycles. The number of nitrogens with one attached hydrogen (secondary N) is 2. The van der Waals surface area contributed by atoms with Crippen LogP contribution in [-0.2, 0) is 4.74 Å². The Morgan fingerprint density at radius 2 is 2.06 bits per heavy atom. The van der Waals surface area contributed by atoms with Crippen LogP contribution in [0.15, 0.2) is 0 Å². The smallest absolute Gasteiger partial charge is 0.407 e. The third kappa shape index (κ3) is 6.51. The molecule has 0 spiro atoms. The minimum atomic E-state index is -0.421. The van der Waals surface area contributed by atoms with Gasteiger partial charge in [-0.05, 0) is 52.5 Å². The van der Waals surface area contributed by atoms with E-state index in [1.807, 2.05) is 20.8 Å². The van der Waals surface area contributed by atoms with Crippen molar-refractivity contribution in [3.63, 3.8) is 0 Å². The van der Waals surface area contributed by atoms with E-state index >= 15 is 0 Å². The van der Waals surface area contributed by atoms with Gasteiger partial charge < -0.3 is 15.4 Å². The maximum absolute atomic E-state index is 11.5. The Morgan fingerprint density at radius 3 is 2.71 bits per heavy atom. The van der Waals surface area contributed by atoms with E-state index in [9.17, 15) is 4.79 Å². The van der Waals surface area contributed by atoms with Crippen molar-refractivity contribution in [1.29, 1.82) is 0 Å². The summed E-state index contributed by atoms with van der Waals surface area (Å²) in [6.07, 6.45) is 3.25. The third-order valence-corrected chi connectivity index (χ3v) is 2.97. The largest absolute Gasteiger partial charge is 0.444 e. The minimum absolute atomic E-state index is 0.323. The van der Waals surface area contributed by atoms with Gasteiger partial charge in [0.1, 0.15) is 5.60 Å². The van der Waals surface area contributed by atoms with Gasteiger partial charge in [0.25, 0.3) is 0 Å². The fourth-order valence-electron chi connectivity index (χ4n) is 1.96. The van der Waals surface area contributed by atoms with Crippen LogP contribution >= 0.6 is 0 Å². The molecule has 0 aromatic heterocycles. The van der Waals surface area contributed by atoms with Crippen molar-refractivity contribution in [2.75, 3.05) is 13.1 Å². The highest BCUT2D eigenvalue weighted by Gasteiger charge is 2.19. The predicted octanol–water partition coefficient (Wildman–Crippen LogP) is 2.29. The summed E-state index contributed by atoms with van der Waals surface area (Å²) in [5, 5.41) is 6.29. The van der Waals surface area contributed by atoms with E-state index in [0.29, 0.717) is 12.6 Å². The lowest BCUT2D eigenvalue weighted by atomic mass is 10.0. The van der Waals surface area contributed by atoms with Crippen LogP contribution in [0.2, 0.25) is 0 Å². The molecule has 0 aromatic carbocycles. The first-order valence-electron chi connectivity index (χ1n) is 6.57. The van der Waals surface area contributed by atoms with E-state index in [1.54, 1.807) is 0 Å². The SMILES string of the molecule is CC1CCNC(CNC(=O)OC(C)(C)C)CC1. The van der Waals surface area contributed by atoms with Crippen molar-refractivity contribution in [3.05, 3.63) is 0 Å². The Kier molecular flexibility index (Phi) is 5.25. The molecule has 1 amide bonds. The first-order chi connectivity index (χ1) is 7.87. The van der Waals surface area contributed by atoms with Crippen LogP contribution in [0.3, 0.4) is 0 Å². The van der Waals surface area contributed by atoms with Gasteiger partial charge in [-0.3, -0.25) is 0 Å². The van der Waals surface area contributed by atoms with Crippen molar-refractivity contribution in [1.82, 2.24) is 10.6 Å². The monoisotopic (exact) mass is 242 g/mol. The second kappa shape index (κ2) is 6.24. The molecule has 0 bridgehead atoms. The van der Waals surface area contributed by atoms with Crippen molar-refractivity contribution >= 4 is 6.09 Å². The molecule has 17 heavy (non-hydrogen) atoms. The number of alkyl carbamates (subject to hydrolysis) is 1. The van der Waals surface area contributed by atoms with Gasteiger partial charge in [-0.1, -0.05) is 6.92 Å². The zero-order chi connectivity index (χ0) is 12.9. The maximum atomic E-state index is 11.5. The summed E-state index contributed by atoms with van der Waals surface area (Å²) in [7, 11) is 0. The predicted molar refractivity (Wildman–Crippen MR) is 69.0 cm³/mol. The molecule has 1 fully saturated rings. The van der Waals surface area contributed by atoms with Crippen LogP contribution in [0.4, 0.5) is 4.79 Å². The molecule has 1 rings (SSSR count). The molecule has 2 unspecified atom stereocenters. The summed E-state index contributed by atoms with van der Waals surface area (Å²) in [6.45, 7) is 9.60. The van der Waals surface area contributed by atoms with Gasteiger partial charge in [-0.25, -0.2) is 4.79 Å². The van der Waals surface area contributed by atoms with Crippen molar-refractivity contribution in [2.24, 2.45) is 5.92 Å². The first-order valence-corrected chi connectivity index (χ1v) is 6.57. The fourth-order valence-corrected chi connectivity index (χ4v) is 1.96. The van der Waals surface area contributed by atoms with Crippen LogP contribution in [-0.4, -0.2) is 30.8 Å². The van der Waals surface area contributed by atoms with Crippen LogP contribution in [0.25, 0.3) is 0 Å². The highest BCUT2D eigenvalue weighted by atomic mass is 16.6. The van der Waals surface area contributed by atoms with Crippen LogP contribution in [0.1, 0.15) is 47.0 Å². The summed E-state index contributed by atoms with van der Waals surface area (Å²) in [5.41, 5.74) is -0.421. The number of carbonyl (C=O) groups is 1. The number of ether oxygens (including phenoxy) is 1. The molecular formula is C13H26N2O2. The lowest BCUT2D eigenvalue weighted by molar-refractivity contribution is 0.0522. The zero-order valence-electron chi connectivity index (χ0n) is 11.5.